The second kappa shape index (κ2) is 4.79. The zero-order valence-corrected chi connectivity index (χ0v) is 11.3. The number of nitrogens with zero attached hydrogens (tertiary/aromatic N) is 2. The normalized spacial score (nSPS) is 10.8. The highest BCUT2D eigenvalue weighted by atomic mass is 32.1. The molecule has 5 heteroatoms. The Kier molecular flexibility index (Phi) is 3.38. The number of aromatic nitrogens is 2. The van der Waals surface area contributed by atoms with Gasteiger partial charge < -0.3 is 11.1 Å². The largest absolute Gasteiger partial charge is 0.394 e. The molecule has 0 fully saturated rings. The van der Waals surface area contributed by atoms with E-state index < -0.39 is 0 Å². The van der Waals surface area contributed by atoms with Crippen LogP contribution in [0, 0.1) is 6.92 Å². The Hall–Kier alpha value is -1.49. The first-order valence-corrected chi connectivity index (χ1v) is 6.59. The molecule has 0 aliphatic heterocycles. The van der Waals surface area contributed by atoms with Gasteiger partial charge in [0.2, 0.25) is 0 Å². The van der Waals surface area contributed by atoms with E-state index >= 15 is 0 Å². The number of hydrogen-bond acceptors (Lipinski definition) is 4. The van der Waals surface area contributed by atoms with Crippen molar-refractivity contribution >= 4 is 22.8 Å². The molecule has 0 spiro atoms. The van der Waals surface area contributed by atoms with Crippen LogP contribution in [-0.4, -0.2) is 9.78 Å². The van der Waals surface area contributed by atoms with Gasteiger partial charge in [0.25, 0.3) is 0 Å². The molecule has 2 rings (SSSR count). The molecule has 92 valence electrons. The predicted molar refractivity (Wildman–Crippen MR) is 73.4 cm³/mol. The van der Waals surface area contributed by atoms with E-state index in [0.29, 0.717) is 0 Å². The summed E-state index contributed by atoms with van der Waals surface area (Å²) < 4.78 is 1.82. The van der Waals surface area contributed by atoms with Gasteiger partial charge in [-0.2, -0.15) is 5.10 Å². The fourth-order valence-electron chi connectivity index (χ4n) is 1.82. The zero-order chi connectivity index (χ0) is 12.4. The monoisotopic (exact) mass is 250 g/mol. The van der Waals surface area contributed by atoms with E-state index in [4.69, 9.17) is 5.73 Å². The molecule has 2 heterocycles. The number of thiophene rings is 1. The van der Waals surface area contributed by atoms with E-state index in [1.54, 1.807) is 11.3 Å². The Morgan fingerprint density at radius 1 is 1.53 bits per heavy atom. The molecule has 0 atom stereocenters. The van der Waals surface area contributed by atoms with Crippen LogP contribution in [0.1, 0.15) is 23.1 Å². The summed E-state index contributed by atoms with van der Waals surface area (Å²) in [5.74, 6) is 0.912. The van der Waals surface area contributed by atoms with Gasteiger partial charge in [0.15, 0.2) is 0 Å². The minimum atomic E-state index is 0.768. The molecule has 0 radical (unpaired) electrons. The molecule has 0 unspecified atom stereocenters. The average molecular weight is 250 g/mol. The van der Waals surface area contributed by atoms with Crippen LogP contribution in [0.4, 0.5) is 11.5 Å². The summed E-state index contributed by atoms with van der Waals surface area (Å²) in [5, 5.41) is 9.86. The van der Waals surface area contributed by atoms with Crippen molar-refractivity contribution in [2.75, 3.05) is 11.1 Å². The highest BCUT2D eigenvalue weighted by Gasteiger charge is 2.11. The SMILES string of the molecule is CCc1nn(C)c(NCc2sccc2C)c1N. The Labute approximate surface area is 105 Å². The van der Waals surface area contributed by atoms with E-state index in [9.17, 15) is 0 Å². The first-order chi connectivity index (χ1) is 8.13. The smallest absolute Gasteiger partial charge is 0.148 e. The summed E-state index contributed by atoms with van der Waals surface area (Å²) in [5.41, 5.74) is 9.09. The molecule has 2 aromatic heterocycles. The Balaban J connectivity index is 2.14. The summed E-state index contributed by atoms with van der Waals surface area (Å²) in [6, 6.07) is 2.13. The van der Waals surface area contributed by atoms with Gasteiger partial charge in [-0.1, -0.05) is 6.92 Å². The van der Waals surface area contributed by atoms with Gasteiger partial charge in [0, 0.05) is 11.9 Å². The quantitative estimate of drug-likeness (QED) is 0.876. The number of nitrogens with one attached hydrogen (secondary N) is 1. The standard InChI is InChI=1S/C12H18N4S/c1-4-9-11(13)12(16(3)15-9)14-7-10-8(2)5-6-17-10/h5-6,14H,4,7,13H2,1-3H3. The maximum atomic E-state index is 6.05. The van der Waals surface area contributed by atoms with Crippen molar-refractivity contribution in [2.45, 2.75) is 26.8 Å². The maximum Gasteiger partial charge on any atom is 0.148 e. The Morgan fingerprint density at radius 3 is 2.82 bits per heavy atom. The molecule has 3 N–H and O–H groups in total. The minimum Gasteiger partial charge on any atom is -0.394 e. The highest BCUT2D eigenvalue weighted by molar-refractivity contribution is 7.10. The van der Waals surface area contributed by atoms with Crippen molar-refractivity contribution in [3.05, 3.63) is 27.6 Å². The highest BCUT2D eigenvalue weighted by Crippen LogP contribution is 2.24. The van der Waals surface area contributed by atoms with Crippen LogP contribution >= 0.6 is 11.3 Å². The summed E-state index contributed by atoms with van der Waals surface area (Å²) >= 11 is 1.76. The van der Waals surface area contributed by atoms with Gasteiger partial charge in [-0.25, -0.2) is 0 Å². The number of nitrogen functional groups attached to an aromatic ring is 1. The van der Waals surface area contributed by atoms with Crippen LogP contribution in [0.15, 0.2) is 11.4 Å². The lowest BCUT2D eigenvalue weighted by atomic mass is 10.3. The molecule has 0 aliphatic carbocycles. The molecule has 0 aliphatic rings. The molecule has 4 nitrogen and oxygen atoms in total. The van der Waals surface area contributed by atoms with Crippen LogP contribution in [0.5, 0.6) is 0 Å². The van der Waals surface area contributed by atoms with Gasteiger partial charge >= 0.3 is 0 Å². The lowest BCUT2D eigenvalue weighted by Gasteiger charge is -2.07. The van der Waals surface area contributed by atoms with E-state index in [2.05, 4.69) is 35.7 Å². The molecule has 17 heavy (non-hydrogen) atoms. The first-order valence-electron chi connectivity index (χ1n) is 5.71. The van der Waals surface area contributed by atoms with E-state index in [0.717, 1.165) is 30.2 Å². The van der Waals surface area contributed by atoms with Gasteiger partial charge in [0.1, 0.15) is 5.82 Å². The van der Waals surface area contributed by atoms with Crippen LogP contribution < -0.4 is 11.1 Å². The van der Waals surface area contributed by atoms with Gasteiger partial charge in [-0.05, 0) is 30.4 Å². The third kappa shape index (κ3) is 2.29. The molecular formula is C12H18N4S. The molecule has 0 saturated heterocycles. The van der Waals surface area contributed by atoms with Crippen molar-refractivity contribution in [2.24, 2.45) is 7.05 Å². The molecule has 0 saturated carbocycles. The van der Waals surface area contributed by atoms with Crippen molar-refractivity contribution in [3.63, 3.8) is 0 Å². The van der Waals surface area contributed by atoms with Gasteiger partial charge in [0.05, 0.1) is 17.9 Å². The second-order valence-corrected chi connectivity index (χ2v) is 5.07. The second-order valence-electron chi connectivity index (χ2n) is 4.07. The fourth-order valence-corrected chi connectivity index (χ4v) is 2.66. The van der Waals surface area contributed by atoms with Crippen molar-refractivity contribution in [1.29, 1.82) is 0 Å². The van der Waals surface area contributed by atoms with Crippen molar-refractivity contribution < 1.29 is 0 Å². The summed E-state index contributed by atoms with van der Waals surface area (Å²) in [6.45, 7) is 4.99. The van der Waals surface area contributed by atoms with Crippen LogP contribution in [0.25, 0.3) is 0 Å². The van der Waals surface area contributed by atoms with Crippen LogP contribution in [0.3, 0.4) is 0 Å². The molecular weight excluding hydrogens is 232 g/mol. The van der Waals surface area contributed by atoms with Gasteiger partial charge in [-0.3, -0.25) is 4.68 Å². The number of nitrogens with two attached hydrogens (primary N) is 1. The summed E-state index contributed by atoms with van der Waals surface area (Å²) in [6.07, 6.45) is 0.860. The Morgan fingerprint density at radius 2 is 2.29 bits per heavy atom. The summed E-state index contributed by atoms with van der Waals surface area (Å²) in [4.78, 5) is 1.34. The lowest BCUT2D eigenvalue weighted by molar-refractivity contribution is 0.748. The minimum absolute atomic E-state index is 0.768. The summed E-state index contributed by atoms with van der Waals surface area (Å²) in [7, 11) is 1.92. The first kappa shape index (κ1) is 12.0. The van der Waals surface area contributed by atoms with E-state index in [1.165, 1.54) is 10.4 Å². The Bertz CT molecular complexity index is 513. The molecule has 0 amide bonds. The number of hydrogen-bond donors (Lipinski definition) is 2. The zero-order valence-electron chi connectivity index (χ0n) is 10.4. The van der Waals surface area contributed by atoms with Crippen LogP contribution in [0.2, 0.25) is 0 Å². The number of aryl methyl sites for hydroxylation is 3. The van der Waals surface area contributed by atoms with E-state index in [1.807, 2.05) is 11.7 Å². The third-order valence-corrected chi connectivity index (χ3v) is 3.90. The maximum absolute atomic E-state index is 6.05. The van der Waals surface area contributed by atoms with Crippen LogP contribution in [-0.2, 0) is 20.0 Å². The number of rotatable bonds is 4. The molecule has 2 aromatic rings. The topological polar surface area (TPSA) is 55.9 Å². The fraction of sp³-hybridized carbons (Fsp3) is 0.417. The van der Waals surface area contributed by atoms with Crippen molar-refractivity contribution in [1.82, 2.24) is 9.78 Å². The van der Waals surface area contributed by atoms with Crippen molar-refractivity contribution in [3.8, 4) is 0 Å². The predicted octanol–water partition coefficient (Wildman–Crippen LogP) is 2.55. The molecule has 0 aromatic carbocycles. The molecule has 0 bridgehead atoms. The van der Waals surface area contributed by atoms with Gasteiger partial charge in [-0.15, -0.1) is 11.3 Å². The average Bonchev–Trinajstić information content (AvgIpc) is 2.82. The third-order valence-electron chi connectivity index (χ3n) is 2.88. The number of anilines is 2. The van der Waals surface area contributed by atoms with E-state index in [-0.39, 0.29) is 0 Å². The lowest BCUT2D eigenvalue weighted by Crippen LogP contribution is -2.06.